The summed E-state index contributed by atoms with van der Waals surface area (Å²) in [4.78, 5) is 14.2. The standard InChI is InChI=1S/C22H23NO3/c24-21-13-7-12-19-22(26-16-18-10-5-2-6-11-18)20(14-23(19)21)25-15-17-8-3-1-4-9-17/h1-12,19-20,22H,13-16H2/t19-,20-,22+/m1/s1. The summed E-state index contributed by atoms with van der Waals surface area (Å²) in [5.74, 6) is 0.150. The fraction of sp³-hybridized carbons (Fsp3) is 0.318. The number of ether oxygens (including phenoxy) is 2. The Balaban J connectivity index is 1.47. The maximum Gasteiger partial charge on any atom is 0.227 e. The molecule has 2 aliphatic rings. The van der Waals surface area contributed by atoms with E-state index in [2.05, 4.69) is 18.2 Å². The Morgan fingerprint density at radius 3 is 2.15 bits per heavy atom. The van der Waals surface area contributed by atoms with Gasteiger partial charge in [0.25, 0.3) is 0 Å². The lowest BCUT2D eigenvalue weighted by atomic mass is 10.1. The average Bonchev–Trinajstić information content (AvgIpc) is 3.05. The highest BCUT2D eigenvalue weighted by molar-refractivity contribution is 5.80. The SMILES string of the molecule is O=C1CC=C[C@@H]2[C@H](OCc3ccccc3)[C@H](OCc3ccccc3)CN12. The molecule has 1 fully saturated rings. The topological polar surface area (TPSA) is 38.8 Å². The molecular formula is C22H23NO3. The molecule has 2 aromatic rings. The first kappa shape index (κ1) is 17.0. The van der Waals surface area contributed by atoms with Gasteiger partial charge in [0.1, 0.15) is 12.2 Å². The largest absolute Gasteiger partial charge is 0.369 e. The van der Waals surface area contributed by atoms with Gasteiger partial charge < -0.3 is 14.4 Å². The minimum Gasteiger partial charge on any atom is -0.369 e. The van der Waals surface area contributed by atoms with Crippen molar-refractivity contribution in [3.8, 4) is 0 Å². The van der Waals surface area contributed by atoms with Gasteiger partial charge in [-0.1, -0.05) is 72.8 Å². The van der Waals surface area contributed by atoms with Crippen molar-refractivity contribution in [3.05, 3.63) is 83.9 Å². The van der Waals surface area contributed by atoms with Gasteiger partial charge in [0.2, 0.25) is 5.91 Å². The summed E-state index contributed by atoms with van der Waals surface area (Å²) in [5.41, 5.74) is 2.25. The zero-order valence-electron chi connectivity index (χ0n) is 14.7. The van der Waals surface area contributed by atoms with Gasteiger partial charge in [0.15, 0.2) is 0 Å². The van der Waals surface area contributed by atoms with Gasteiger partial charge in [-0.25, -0.2) is 0 Å². The van der Waals surface area contributed by atoms with E-state index in [4.69, 9.17) is 9.47 Å². The van der Waals surface area contributed by atoms with Crippen molar-refractivity contribution in [2.45, 2.75) is 37.9 Å². The molecule has 0 unspecified atom stereocenters. The Morgan fingerprint density at radius 2 is 1.50 bits per heavy atom. The first-order chi connectivity index (χ1) is 12.8. The summed E-state index contributed by atoms with van der Waals surface area (Å²) in [6, 6.07) is 20.2. The third-order valence-electron chi connectivity index (χ3n) is 4.98. The molecule has 2 aromatic carbocycles. The lowest BCUT2D eigenvalue weighted by molar-refractivity contribution is -0.132. The lowest BCUT2D eigenvalue weighted by Crippen LogP contribution is -2.41. The molecule has 2 aliphatic heterocycles. The Bertz CT molecular complexity index is 759. The highest BCUT2D eigenvalue weighted by Gasteiger charge is 2.45. The number of nitrogens with zero attached hydrogens (tertiary/aromatic N) is 1. The van der Waals surface area contributed by atoms with Crippen molar-refractivity contribution in [1.82, 2.24) is 4.90 Å². The van der Waals surface area contributed by atoms with Crippen molar-refractivity contribution >= 4 is 5.91 Å². The van der Waals surface area contributed by atoms with Gasteiger partial charge in [-0.15, -0.1) is 0 Å². The molecule has 4 nitrogen and oxygen atoms in total. The van der Waals surface area contributed by atoms with Crippen LogP contribution in [0.3, 0.4) is 0 Å². The molecule has 0 spiro atoms. The fourth-order valence-corrected chi connectivity index (χ4v) is 3.62. The van der Waals surface area contributed by atoms with Crippen LogP contribution in [0.2, 0.25) is 0 Å². The number of hydrogen-bond acceptors (Lipinski definition) is 3. The zero-order chi connectivity index (χ0) is 17.8. The summed E-state index contributed by atoms with van der Waals surface area (Å²) in [6.07, 6.45) is 4.22. The van der Waals surface area contributed by atoms with E-state index in [-0.39, 0.29) is 24.2 Å². The van der Waals surface area contributed by atoms with Crippen LogP contribution in [0.15, 0.2) is 72.8 Å². The fourth-order valence-electron chi connectivity index (χ4n) is 3.62. The maximum absolute atomic E-state index is 12.3. The Kier molecular flexibility index (Phi) is 5.14. The van der Waals surface area contributed by atoms with E-state index >= 15 is 0 Å². The molecule has 1 amide bonds. The summed E-state index contributed by atoms with van der Waals surface area (Å²) < 4.78 is 12.4. The van der Waals surface area contributed by atoms with Crippen LogP contribution in [-0.4, -0.2) is 35.6 Å². The summed E-state index contributed by atoms with van der Waals surface area (Å²) in [5, 5.41) is 0. The molecule has 4 heteroatoms. The quantitative estimate of drug-likeness (QED) is 0.751. The first-order valence-corrected chi connectivity index (χ1v) is 9.08. The van der Waals surface area contributed by atoms with Crippen molar-refractivity contribution < 1.29 is 14.3 Å². The third-order valence-corrected chi connectivity index (χ3v) is 4.98. The molecule has 1 saturated heterocycles. The van der Waals surface area contributed by atoms with Crippen LogP contribution in [0.1, 0.15) is 17.5 Å². The van der Waals surface area contributed by atoms with E-state index in [9.17, 15) is 4.79 Å². The van der Waals surface area contributed by atoms with Crippen LogP contribution in [-0.2, 0) is 27.5 Å². The molecule has 26 heavy (non-hydrogen) atoms. The van der Waals surface area contributed by atoms with Gasteiger partial charge in [0.05, 0.1) is 25.8 Å². The summed E-state index contributed by atoms with van der Waals surface area (Å²) in [7, 11) is 0. The lowest BCUT2D eigenvalue weighted by Gasteiger charge is -2.28. The number of benzene rings is 2. The normalized spacial score (nSPS) is 24.7. The smallest absolute Gasteiger partial charge is 0.227 e. The Labute approximate surface area is 154 Å². The molecule has 3 atom stereocenters. The minimum absolute atomic E-state index is 0.0410. The van der Waals surface area contributed by atoms with Gasteiger partial charge in [-0.05, 0) is 11.1 Å². The second-order valence-corrected chi connectivity index (χ2v) is 6.77. The molecule has 0 aliphatic carbocycles. The van der Waals surface area contributed by atoms with E-state index in [1.54, 1.807) is 0 Å². The average molecular weight is 349 g/mol. The van der Waals surface area contributed by atoms with Crippen LogP contribution in [0.25, 0.3) is 0 Å². The van der Waals surface area contributed by atoms with Crippen LogP contribution in [0.4, 0.5) is 0 Å². The molecule has 0 N–H and O–H groups in total. The second-order valence-electron chi connectivity index (χ2n) is 6.77. The molecular weight excluding hydrogens is 326 g/mol. The van der Waals surface area contributed by atoms with Crippen molar-refractivity contribution in [3.63, 3.8) is 0 Å². The van der Waals surface area contributed by atoms with E-state index in [1.807, 2.05) is 59.5 Å². The highest BCUT2D eigenvalue weighted by Crippen LogP contribution is 2.29. The predicted octanol–water partition coefficient (Wildman–Crippen LogP) is 3.33. The van der Waals surface area contributed by atoms with Crippen LogP contribution in [0, 0.1) is 0 Å². The van der Waals surface area contributed by atoms with Gasteiger partial charge in [-0.3, -0.25) is 4.79 Å². The zero-order valence-corrected chi connectivity index (χ0v) is 14.7. The molecule has 4 rings (SSSR count). The van der Waals surface area contributed by atoms with Crippen LogP contribution < -0.4 is 0 Å². The predicted molar refractivity (Wildman–Crippen MR) is 99.3 cm³/mol. The Morgan fingerprint density at radius 1 is 0.885 bits per heavy atom. The van der Waals surface area contributed by atoms with E-state index in [1.165, 1.54) is 0 Å². The monoisotopic (exact) mass is 349 g/mol. The summed E-state index contributed by atoms with van der Waals surface area (Å²) >= 11 is 0. The molecule has 0 saturated carbocycles. The number of carbonyl (C=O) groups is 1. The van der Waals surface area contributed by atoms with Crippen molar-refractivity contribution in [1.29, 1.82) is 0 Å². The molecule has 0 aromatic heterocycles. The second kappa shape index (κ2) is 7.85. The number of hydrogen-bond donors (Lipinski definition) is 0. The van der Waals surface area contributed by atoms with Crippen molar-refractivity contribution in [2.75, 3.05) is 6.54 Å². The first-order valence-electron chi connectivity index (χ1n) is 9.08. The van der Waals surface area contributed by atoms with E-state index < -0.39 is 0 Å². The van der Waals surface area contributed by atoms with Gasteiger partial charge in [-0.2, -0.15) is 0 Å². The third kappa shape index (κ3) is 3.71. The van der Waals surface area contributed by atoms with Gasteiger partial charge in [0, 0.05) is 6.42 Å². The summed E-state index contributed by atoms with van der Waals surface area (Å²) in [6.45, 7) is 1.62. The van der Waals surface area contributed by atoms with E-state index in [0.717, 1.165) is 11.1 Å². The van der Waals surface area contributed by atoms with Crippen LogP contribution >= 0.6 is 0 Å². The molecule has 134 valence electrons. The molecule has 2 heterocycles. The minimum atomic E-state index is -0.153. The van der Waals surface area contributed by atoms with Gasteiger partial charge >= 0.3 is 0 Å². The number of rotatable bonds is 6. The van der Waals surface area contributed by atoms with Crippen molar-refractivity contribution in [2.24, 2.45) is 0 Å². The van der Waals surface area contributed by atoms with E-state index in [0.29, 0.717) is 26.2 Å². The Hall–Kier alpha value is -2.43. The molecule has 0 bridgehead atoms. The molecule has 0 radical (unpaired) electrons. The maximum atomic E-state index is 12.3. The van der Waals surface area contributed by atoms with Crippen LogP contribution in [0.5, 0.6) is 0 Å². The number of amides is 1. The highest BCUT2D eigenvalue weighted by atomic mass is 16.5. The number of carbonyl (C=O) groups excluding carboxylic acids is 1. The number of fused-ring (bicyclic) bond motifs is 1.